The summed E-state index contributed by atoms with van der Waals surface area (Å²) < 4.78 is 0. The summed E-state index contributed by atoms with van der Waals surface area (Å²) in [4.78, 5) is 2.85. The number of hydrogen-bond acceptors (Lipinski definition) is 4. The smallest absolute Gasteiger partial charge is 0.110 e. The molecular formula is C9H10N2OS. The summed E-state index contributed by atoms with van der Waals surface area (Å²) in [6, 6.07) is 5.88. The normalized spacial score (nSPS) is 21.8. The third-order valence-electron chi connectivity index (χ3n) is 2.18. The number of rotatable bonds is 1. The van der Waals surface area contributed by atoms with E-state index in [-0.39, 0.29) is 6.10 Å². The van der Waals surface area contributed by atoms with E-state index in [0.29, 0.717) is 6.54 Å². The van der Waals surface area contributed by atoms with Crippen molar-refractivity contribution in [1.29, 1.82) is 5.26 Å². The van der Waals surface area contributed by atoms with Crippen molar-refractivity contribution in [3.8, 4) is 6.07 Å². The molecule has 1 fully saturated rings. The van der Waals surface area contributed by atoms with Gasteiger partial charge in [-0.2, -0.15) is 5.26 Å². The van der Waals surface area contributed by atoms with Gasteiger partial charge in [0.25, 0.3) is 0 Å². The lowest BCUT2D eigenvalue weighted by atomic mass is 10.3. The number of anilines is 1. The van der Waals surface area contributed by atoms with Crippen molar-refractivity contribution >= 4 is 16.3 Å². The van der Waals surface area contributed by atoms with Crippen molar-refractivity contribution in [2.24, 2.45) is 0 Å². The molecule has 0 unspecified atom stereocenters. The van der Waals surface area contributed by atoms with Gasteiger partial charge in [0, 0.05) is 13.1 Å². The molecule has 1 saturated heterocycles. The molecule has 0 saturated carbocycles. The third kappa shape index (κ3) is 1.67. The average molecular weight is 194 g/mol. The van der Waals surface area contributed by atoms with Crippen molar-refractivity contribution in [3.63, 3.8) is 0 Å². The van der Waals surface area contributed by atoms with E-state index in [0.717, 1.165) is 22.8 Å². The zero-order valence-corrected chi connectivity index (χ0v) is 7.92. The zero-order valence-electron chi connectivity index (χ0n) is 7.10. The lowest BCUT2D eigenvalue weighted by molar-refractivity contribution is 0.198. The second kappa shape index (κ2) is 3.36. The van der Waals surface area contributed by atoms with Gasteiger partial charge in [0.1, 0.15) is 10.9 Å². The molecule has 1 aliphatic rings. The summed E-state index contributed by atoms with van der Waals surface area (Å²) in [5.74, 6) is 0. The van der Waals surface area contributed by atoms with Crippen LogP contribution in [0.3, 0.4) is 0 Å². The largest absolute Gasteiger partial charge is 0.391 e. The summed E-state index contributed by atoms with van der Waals surface area (Å²) in [6.07, 6.45) is 0.632. The van der Waals surface area contributed by atoms with Crippen LogP contribution in [0.25, 0.3) is 0 Å². The van der Waals surface area contributed by atoms with Gasteiger partial charge >= 0.3 is 0 Å². The van der Waals surface area contributed by atoms with Crippen LogP contribution in [-0.4, -0.2) is 24.3 Å². The van der Waals surface area contributed by atoms with Crippen molar-refractivity contribution in [2.45, 2.75) is 12.5 Å². The van der Waals surface area contributed by atoms with Crippen molar-refractivity contribution < 1.29 is 5.11 Å². The highest BCUT2D eigenvalue weighted by atomic mass is 32.1. The molecule has 4 heteroatoms. The molecule has 3 nitrogen and oxygen atoms in total. The Bertz CT molecular complexity index is 342. The fraction of sp³-hybridized carbons (Fsp3) is 0.444. The number of hydrogen-bond donors (Lipinski definition) is 1. The second-order valence-electron chi connectivity index (χ2n) is 3.14. The van der Waals surface area contributed by atoms with E-state index in [4.69, 9.17) is 5.26 Å². The molecule has 0 amide bonds. The fourth-order valence-corrected chi connectivity index (χ4v) is 2.34. The number of aliphatic hydroxyl groups is 1. The summed E-state index contributed by atoms with van der Waals surface area (Å²) >= 11 is 1.49. The molecule has 1 aliphatic heterocycles. The fourth-order valence-electron chi connectivity index (χ4n) is 1.50. The second-order valence-corrected chi connectivity index (χ2v) is 4.20. The first-order chi connectivity index (χ1) is 6.29. The Morgan fingerprint density at radius 3 is 3.00 bits per heavy atom. The van der Waals surface area contributed by atoms with Gasteiger partial charge in [-0.1, -0.05) is 0 Å². The van der Waals surface area contributed by atoms with Gasteiger partial charge in [-0.25, -0.2) is 0 Å². The van der Waals surface area contributed by atoms with Crippen LogP contribution < -0.4 is 4.90 Å². The Balaban J connectivity index is 2.13. The van der Waals surface area contributed by atoms with Crippen molar-refractivity contribution in [2.75, 3.05) is 18.0 Å². The average Bonchev–Trinajstić information content (AvgIpc) is 2.71. The molecule has 2 heterocycles. The predicted octanol–water partition coefficient (Wildman–Crippen LogP) is 1.19. The highest BCUT2D eigenvalue weighted by molar-refractivity contribution is 7.16. The molecule has 13 heavy (non-hydrogen) atoms. The monoisotopic (exact) mass is 194 g/mol. The topological polar surface area (TPSA) is 47.3 Å². The Kier molecular flexibility index (Phi) is 2.21. The maximum Gasteiger partial charge on any atom is 0.110 e. The van der Waals surface area contributed by atoms with E-state index in [1.54, 1.807) is 0 Å². The molecule has 0 radical (unpaired) electrons. The minimum Gasteiger partial charge on any atom is -0.391 e. The molecule has 0 aromatic carbocycles. The quantitative estimate of drug-likeness (QED) is 0.730. The Morgan fingerprint density at radius 2 is 2.46 bits per heavy atom. The van der Waals surface area contributed by atoms with E-state index in [1.807, 2.05) is 12.1 Å². The van der Waals surface area contributed by atoms with Gasteiger partial charge in [-0.3, -0.25) is 0 Å². The first kappa shape index (κ1) is 8.54. The third-order valence-corrected chi connectivity index (χ3v) is 3.23. The molecule has 2 rings (SSSR count). The van der Waals surface area contributed by atoms with Crippen LogP contribution in [-0.2, 0) is 0 Å². The molecule has 1 N–H and O–H groups in total. The molecule has 0 aliphatic carbocycles. The van der Waals surface area contributed by atoms with Gasteiger partial charge in [0.2, 0.25) is 0 Å². The van der Waals surface area contributed by atoms with E-state index in [2.05, 4.69) is 11.0 Å². The summed E-state index contributed by atoms with van der Waals surface area (Å²) in [5, 5.41) is 19.1. The van der Waals surface area contributed by atoms with Crippen LogP contribution in [0.2, 0.25) is 0 Å². The first-order valence-electron chi connectivity index (χ1n) is 4.22. The standard InChI is InChI=1S/C9H10N2OS/c10-5-8-1-2-9(13-8)11-4-3-7(12)6-11/h1-2,7,12H,3-4,6H2/t7-/m0/s1. The molecular weight excluding hydrogens is 184 g/mol. The molecule has 1 aromatic rings. The lowest BCUT2D eigenvalue weighted by Gasteiger charge is -2.14. The van der Waals surface area contributed by atoms with E-state index >= 15 is 0 Å². The minimum absolute atomic E-state index is 0.201. The SMILES string of the molecule is N#Cc1ccc(N2CC[C@H](O)C2)s1. The Hall–Kier alpha value is -1.05. The van der Waals surface area contributed by atoms with Crippen LogP contribution in [0.1, 0.15) is 11.3 Å². The minimum atomic E-state index is -0.201. The van der Waals surface area contributed by atoms with Crippen molar-refractivity contribution in [1.82, 2.24) is 0 Å². The molecule has 0 spiro atoms. The summed E-state index contributed by atoms with van der Waals surface area (Å²) in [7, 11) is 0. The van der Waals surface area contributed by atoms with Gasteiger partial charge in [-0.05, 0) is 18.6 Å². The van der Waals surface area contributed by atoms with Gasteiger partial charge in [0.15, 0.2) is 0 Å². The van der Waals surface area contributed by atoms with Gasteiger partial charge < -0.3 is 10.0 Å². The van der Waals surface area contributed by atoms with Crippen LogP contribution >= 0.6 is 11.3 Å². The first-order valence-corrected chi connectivity index (χ1v) is 5.04. The number of nitrogens with zero attached hydrogens (tertiary/aromatic N) is 2. The molecule has 1 aromatic heterocycles. The number of thiophene rings is 1. The summed E-state index contributed by atoms with van der Waals surface area (Å²) in [6.45, 7) is 1.60. The zero-order chi connectivity index (χ0) is 9.26. The van der Waals surface area contributed by atoms with Crippen LogP contribution in [0.15, 0.2) is 12.1 Å². The maximum atomic E-state index is 9.32. The van der Waals surface area contributed by atoms with Gasteiger partial charge in [-0.15, -0.1) is 11.3 Å². The highest BCUT2D eigenvalue weighted by Gasteiger charge is 2.21. The van der Waals surface area contributed by atoms with E-state index in [9.17, 15) is 5.11 Å². The highest BCUT2D eigenvalue weighted by Crippen LogP contribution is 2.28. The Labute approximate surface area is 80.8 Å². The number of nitriles is 1. The summed E-state index contributed by atoms with van der Waals surface area (Å²) in [5.41, 5.74) is 0. The van der Waals surface area contributed by atoms with Crippen LogP contribution in [0.5, 0.6) is 0 Å². The van der Waals surface area contributed by atoms with E-state index in [1.165, 1.54) is 11.3 Å². The molecule has 1 atom stereocenters. The van der Waals surface area contributed by atoms with Crippen LogP contribution in [0, 0.1) is 11.3 Å². The molecule has 0 bridgehead atoms. The van der Waals surface area contributed by atoms with Crippen molar-refractivity contribution in [3.05, 3.63) is 17.0 Å². The maximum absolute atomic E-state index is 9.32. The lowest BCUT2D eigenvalue weighted by Crippen LogP contribution is -2.19. The Morgan fingerprint density at radius 1 is 1.62 bits per heavy atom. The van der Waals surface area contributed by atoms with E-state index < -0.39 is 0 Å². The van der Waals surface area contributed by atoms with Gasteiger partial charge in [0.05, 0.1) is 11.1 Å². The van der Waals surface area contributed by atoms with Crippen LogP contribution in [0.4, 0.5) is 5.00 Å². The number of aliphatic hydroxyl groups excluding tert-OH is 1. The predicted molar refractivity (Wildman–Crippen MR) is 51.9 cm³/mol. The molecule has 68 valence electrons. The number of β-amino-alcohol motifs (C(OH)–C–C–N with tert-alkyl or cyclic N) is 1.